The van der Waals surface area contributed by atoms with E-state index in [4.69, 9.17) is 4.74 Å². The fourth-order valence-corrected chi connectivity index (χ4v) is 3.24. The smallest absolute Gasteiger partial charge is 0.317 e. The van der Waals surface area contributed by atoms with Crippen LogP contribution in [0.2, 0.25) is 0 Å². The summed E-state index contributed by atoms with van der Waals surface area (Å²) in [6.45, 7) is 5.48. The van der Waals surface area contributed by atoms with Crippen LogP contribution in [0.1, 0.15) is 17.8 Å². The highest BCUT2D eigenvalue weighted by Gasteiger charge is 2.41. The van der Waals surface area contributed by atoms with Crippen molar-refractivity contribution in [1.29, 1.82) is 0 Å². The van der Waals surface area contributed by atoms with E-state index < -0.39 is 0 Å². The van der Waals surface area contributed by atoms with Gasteiger partial charge in [-0.3, -0.25) is 0 Å². The van der Waals surface area contributed by atoms with Crippen LogP contribution >= 0.6 is 0 Å². The SMILES string of the molecule is COc1nc(C)nc(N2CC[C@H]3[C@@H](C2)NC(=O)N3C)c1C. The van der Waals surface area contributed by atoms with E-state index in [1.165, 1.54) is 0 Å². The van der Waals surface area contributed by atoms with Gasteiger partial charge in [0.15, 0.2) is 0 Å². The molecule has 3 heterocycles. The summed E-state index contributed by atoms with van der Waals surface area (Å²) in [7, 11) is 3.48. The number of hydrogen-bond donors (Lipinski definition) is 1. The fraction of sp³-hybridized carbons (Fsp3) is 0.643. The van der Waals surface area contributed by atoms with Crippen molar-refractivity contribution in [3.05, 3.63) is 11.4 Å². The quantitative estimate of drug-likeness (QED) is 0.869. The summed E-state index contributed by atoms with van der Waals surface area (Å²) in [6.07, 6.45) is 0.935. The molecule has 2 aliphatic heterocycles. The number of fused-ring (bicyclic) bond motifs is 1. The van der Waals surface area contributed by atoms with Gasteiger partial charge in [-0.25, -0.2) is 9.78 Å². The van der Waals surface area contributed by atoms with Crippen LogP contribution in [-0.4, -0.2) is 60.2 Å². The molecule has 0 bridgehead atoms. The number of aryl methyl sites for hydroxylation is 1. The molecule has 0 unspecified atom stereocenters. The van der Waals surface area contributed by atoms with Crippen LogP contribution in [0, 0.1) is 13.8 Å². The molecule has 7 heteroatoms. The lowest BCUT2D eigenvalue weighted by Gasteiger charge is -2.37. The van der Waals surface area contributed by atoms with Crippen LogP contribution < -0.4 is 15.0 Å². The molecule has 3 rings (SSSR count). The number of aromatic nitrogens is 2. The van der Waals surface area contributed by atoms with E-state index in [9.17, 15) is 4.79 Å². The average molecular weight is 291 g/mol. The Morgan fingerprint density at radius 1 is 1.33 bits per heavy atom. The van der Waals surface area contributed by atoms with E-state index in [0.29, 0.717) is 11.7 Å². The molecule has 2 amide bonds. The number of nitrogens with one attached hydrogen (secondary N) is 1. The molecular weight excluding hydrogens is 270 g/mol. The van der Waals surface area contributed by atoms with Crippen LogP contribution in [0.5, 0.6) is 5.88 Å². The minimum atomic E-state index is 0.0139. The molecule has 1 aromatic rings. The Balaban J connectivity index is 1.86. The third-order valence-electron chi connectivity index (χ3n) is 4.38. The molecular formula is C14H21N5O2. The molecule has 0 spiro atoms. The number of nitrogens with zero attached hydrogens (tertiary/aromatic N) is 4. The first-order valence-electron chi connectivity index (χ1n) is 7.18. The molecule has 1 N–H and O–H groups in total. The first-order valence-corrected chi connectivity index (χ1v) is 7.18. The molecule has 7 nitrogen and oxygen atoms in total. The van der Waals surface area contributed by atoms with Crippen LogP contribution in [0.15, 0.2) is 0 Å². The number of carbonyl (C=O) groups is 1. The van der Waals surface area contributed by atoms with Gasteiger partial charge in [0, 0.05) is 20.1 Å². The number of rotatable bonds is 2. The number of amides is 2. The number of methoxy groups -OCH3 is 1. The van der Waals surface area contributed by atoms with Crippen molar-refractivity contribution in [1.82, 2.24) is 20.2 Å². The van der Waals surface area contributed by atoms with E-state index >= 15 is 0 Å². The number of ether oxygens (including phenoxy) is 1. The minimum Gasteiger partial charge on any atom is -0.481 e. The van der Waals surface area contributed by atoms with Gasteiger partial charge in [-0.2, -0.15) is 4.98 Å². The van der Waals surface area contributed by atoms with Crippen LogP contribution in [0.25, 0.3) is 0 Å². The van der Waals surface area contributed by atoms with Crippen LogP contribution in [0.4, 0.5) is 10.6 Å². The average Bonchev–Trinajstić information content (AvgIpc) is 2.75. The summed E-state index contributed by atoms with van der Waals surface area (Å²) in [6, 6.07) is 0.441. The summed E-state index contributed by atoms with van der Waals surface area (Å²) in [4.78, 5) is 24.6. The number of urea groups is 1. The molecule has 2 aliphatic rings. The Hall–Kier alpha value is -2.05. The van der Waals surface area contributed by atoms with E-state index in [1.807, 2.05) is 20.9 Å². The number of hydrogen-bond acceptors (Lipinski definition) is 5. The number of anilines is 1. The topological polar surface area (TPSA) is 70.6 Å². The molecule has 21 heavy (non-hydrogen) atoms. The van der Waals surface area contributed by atoms with Crippen molar-refractivity contribution < 1.29 is 9.53 Å². The van der Waals surface area contributed by atoms with Gasteiger partial charge in [0.05, 0.1) is 24.8 Å². The standard InChI is InChI=1S/C14H21N5O2/c1-8-12(15-9(2)16-13(8)21-4)19-6-5-11-10(7-19)17-14(20)18(11)3/h10-11H,5-7H2,1-4H3,(H,17,20)/t10-,11+/m1/s1. The van der Waals surface area contributed by atoms with Gasteiger partial charge in [0.1, 0.15) is 11.6 Å². The van der Waals surface area contributed by atoms with Gasteiger partial charge in [-0.05, 0) is 20.3 Å². The minimum absolute atomic E-state index is 0.0139. The second kappa shape index (κ2) is 5.05. The predicted octanol–water partition coefficient (Wildman–Crippen LogP) is 0.704. The molecule has 1 aromatic heterocycles. The normalized spacial score (nSPS) is 24.9. The summed E-state index contributed by atoms with van der Waals surface area (Å²) < 4.78 is 5.32. The van der Waals surface area contributed by atoms with Crippen molar-refractivity contribution in [3.63, 3.8) is 0 Å². The summed E-state index contributed by atoms with van der Waals surface area (Å²) in [5, 5.41) is 3.04. The Labute approximate surface area is 124 Å². The highest BCUT2D eigenvalue weighted by molar-refractivity contribution is 5.77. The number of piperidine rings is 1. The number of carbonyl (C=O) groups excluding carboxylic acids is 1. The highest BCUT2D eigenvalue weighted by Crippen LogP contribution is 2.29. The molecule has 0 radical (unpaired) electrons. The molecule has 114 valence electrons. The van der Waals surface area contributed by atoms with Gasteiger partial charge >= 0.3 is 6.03 Å². The van der Waals surface area contributed by atoms with Gasteiger partial charge in [-0.1, -0.05) is 0 Å². The second-order valence-electron chi connectivity index (χ2n) is 5.70. The van der Waals surface area contributed by atoms with Crippen LogP contribution in [-0.2, 0) is 0 Å². The predicted molar refractivity (Wildman–Crippen MR) is 78.8 cm³/mol. The molecule has 2 saturated heterocycles. The monoisotopic (exact) mass is 291 g/mol. The summed E-state index contributed by atoms with van der Waals surface area (Å²) in [5.41, 5.74) is 0.944. The maximum Gasteiger partial charge on any atom is 0.317 e. The molecule has 0 aliphatic carbocycles. The van der Waals surface area contributed by atoms with E-state index in [2.05, 4.69) is 20.2 Å². The zero-order valence-corrected chi connectivity index (χ0v) is 12.9. The van der Waals surface area contributed by atoms with Gasteiger partial charge in [-0.15, -0.1) is 0 Å². The van der Waals surface area contributed by atoms with Crippen molar-refractivity contribution >= 4 is 11.8 Å². The third-order valence-corrected chi connectivity index (χ3v) is 4.38. The second-order valence-corrected chi connectivity index (χ2v) is 5.70. The Morgan fingerprint density at radius 2 is 2.10 bits per heavy atom. The first-order chi connectivity index (χ1) is 10.0. The maximum absolute atomic E-state index is 11.8. The lowest BCUT2D eigenvalue weighted by Crippen LogP contribution is -2.51. The van der Waals surface area contributed by atoms with E-state index in [1.54, 1.807) is 12.0 Å². The van der Waals surface area contributed by atoms with Crippen molar-refractivity contribution in [3.8, 4) is 5.88 Å². The highest BCUT2D eigenvalue weighted by atomic mass is 16.5. The molecule has 2 atom stereocenters. The van der Waals surface area contributed by atoms with Gasteiger partial charge in [0.2, 0.25) is 5.88 Å². The zero-order valence-electron chi connectivity index (χ0n) is 12.9. The lowest BCUT2D eigenvalue weighted by molar-refractivity contribution is 0.212. The fourth-order valence-electron chi connectivity index (χ4n) is 3.24. The molecule has 0 aromatic carbocycles. The molecule has 2 fully saturated rings. The summed E-state index contributed by atoms with van der Waals surface area (Å²) in [5.74, 6) is 2.22. The Morgan fingerprint density at radius 3 is 2.81 bits per heavy atom. The van der Waals surface area contributed by atoms with Crippen molar-refractivity contribution in [2.24, 2.45) is 0 Å². The first kappa shape index (κ1) is 13.9. The van der Waals surface area contributed by atoms with Gasteiger partial charge < -0.3 is 19.9 Å². The maximum atomic E-state index is 11.8. The Kier molecular flexibility index (Phi) is 3.35. The third kappa shape index (κ3) is 2.26. The van der Waals surface area contributed by atoms with E-state index in [-0.39, 0.29) is 18.1 Å². The van der Waals surface area contributed by atoms with Gasteiger partial charge in [0.25, 0.3) is 0 Å². The van der Waals surface area contributed by atoms with Crippen LogP contribution in [0.3, 0.4) is 0 Å². The number of likely N-dealkylation sites (N-methyl/N-ethyl adjacent to an activating group) is 1. The molecule has 0 saturated carbocycles. The lowest BCUT2D eigenvalue weighted by atomic mass is 10.00. The van der Waals surface area contributed by atoms with E-state index in [0.717, 1.165) is 30.9 Å². The Bertz CT molecular complexity index is 577. The van der Waals surface area contributed by atoms with Crippen molar-refractivity contribution in [2.45, 2.75) is 32.4 Å². The zero-order chi connectivity index (χ0) is 15.1. The largest absolute Gasteiger partial charge is 0.481 e. The summed E-state index contributed by atoms with van der Waals surface area (Å²) >= 11 is 0. The van der Waals surface area contributed by atoms with Crippen molar-refractivity contribution in [2.75, 3.05) is 32.1 Å².